The molecule has 0 atom stereocenters. The Kier molecular flexibility index (Phi) is 2.71. The third-order valence-corrected chi connectivity index (χ3v) is 5.44. The monoisotopic (exact) mass is 281 g/mol. The van der Waals surface area contributed by atoms with Crippen LogP contribution in [0.5, 0.6) is 0 Å². The lowest BCUT2D eigenvalue weighted by Gasteiger charge is -2.33. The highest BCUT2D eigenvalue weighted by Crippen LogP contribution is 2.49. The molecule has 1 aromatic rings. The minimum atomic E-state index is 0.0136. The van der Waals surface area contributed by atoms with E-state index in [9.17, 15) is 0 Å². The van der Waals surface area contributed by atoms with Crippen LogP contribution in [0.3, 0.4) is 0 Å². The van der Waals surface area contributed by atoms with Crippen molar-refractivity contribution >= 4 is 15.9 Å². The second-order valence-corrected chi connectivity index (χ2v) is 6.50. The Morgan fingerprint density at radius 1 is 1.19 bits per heavy atom. The molecule has 1 nitrogen and oxygen atoms in total. The number of nitrogens with two attached hydrogens (primary N) is 1. The smallest absolute Gasteiger partial charge is 0.0248 e. The number of hydrogen-bond donors (Lipinski definition) is 1. The van der Waals surface area contributed by atoms with Crippen LogP contribution in [-0.2, 0) is 5.41 Å². The Hall–Kier alpha value is -0.340. The van der Waals surface area contributed by atoms with E-state index < -0.39 is 0 Å². The summed E-state index contributed by atoms with van der Waals surface area (Å²) in [5, 5.41) is 0. The molecule has 88 valence electrons. The van der Waals surface area contributed by atoms with E-state index >= 15 is 0 Å². The SMILES string of the molecule is Cc1cc(C(C)(C)C2(N)CC2)cc(C)c1Br. The molecule has 1 aromatic carbocycles. The van der Waals surface area contributed by atoms with Gasteiger partial charge in [-0.2, -0.15) is 0 Å². The quantitative estimate of drug-likeness (QED) is 0.876. The fourth-order valence-corrected chi connectivity index (χ4v) is 2.58. The minimum absolute atomic E-state index is 0.0136. The van der Waals surface area contributed by atoms with Crippen molar-refractivity contribution in [3.05, 3.63) is 33.3 Å². The topological polar surface area (TPSA) is 26.0 Å². The number of hydrogen-bond acceptors (Lipinski definition) is 1. The average molecular weight is 282 g/mol. The largest absolute Gasteiger partial charge is 0.324 e. The molecule has 2 rings (SSSR count). The molecule has 0 heterocycles. The van der Waals surface area contributed by atoms with Crippen LogP contribution in [0.4, 0.5) is 0 Å². The first-order valence-electron chi connectivity index (χ1n) is 5.84. The van der Waals surface area contributed by atoms with E-state index in [4.69, 9.17) is 5.73 Å². The van der Waals surface area contributed by atoms with Gasteiger partial charge in [-0.15, -0.1) is 0 Å². The highest BCUT2D eigenvalue weighted by atomic mass is 79.9. The summed E-state index contributed by atoms with van der Waals surface area (Å²) in [4.78, 5) is 0. The fraction of sp³-hybridized carbons (Fsp3) is 0.571. The van der Waals surface area contributed by atoms with Crippen molar-refractivity contribution < 1.29 is 0 Å². The van der Waals surface area contributed by atoms with Crippen molar-refractivity contribution in [1.82, 2.24) is 0 Å². The van der Waals surface area contributed by atoms with Crippen molar-refractivity contribution in [1.29, 1.82) is 0 Å². The van der Waals surface area contributed by atoms with E-state index in [1.807, 2.05) is 0 Å². The molecule has 1 fully saturated rings. The summed E-state index contributed by atoms with van der Waals surface area (Å²) < 4.78 is 1.22. The van der Waals surface area contributed by atoms with Gasteiger partial charge in [0, 0.05) is 15.4 Å². The maximum atomic E-state index is 6.38. The summed E-state index contributed by atoms with van der Waals surface area (Å²) in [6, 6.07) is 4.54. The van der Waals surface area contributed by atoms with Gasteiger partial charge in [0.15, 0.2) is 0 Å². The van der Waals surface area contributed by atoms with Gasteiger partial charge in [0.2, 0.25) is 0 Å². The molecule has 0 radical (unpaired) electrons. The van der Waals surface area contributed by atoms with Crippen LogP contribution in [0.2, 0.25) is 0 Å². The van der Waals surface area contributed by atoms with E-state index in [0.29, 0.717) is 0 Å². The van der Waals surface area contributed by atoms with Crippen LogP contribution in [0.15, 0.2) is 16.6 Å². The zero-order valence-corrected chi connectivity index (χ0v) is 12.1. The zero-order chi connectivity index (χ0) is 12.1. The Bertz CT molecular complexity index is 407. The molecule has 0 bridgehead atoms. The molecule has 0 unspecified atom stereocenters. The lowest BCUT2D eigenvalue weighted by molar-refractivity contribution is 0.391. The molecule has 0 aromatic heterocycles. The second kappa shape index (κ2) is 3.58. The van der Waals surface area contributed by atoms with Crippen LogP contribution in [-0.4, -0.2) is 5.54 Å². The van der Waals surface area contributed by atoms with Crippen molar-refractivity contribution in [3.8, 4) is 0 Å². The van der Waals surface area contributed by atoms with E-state index in [2.05, 4.69) is 55.8 Å². The third kappa shape index (κ3) is 1.72. The number of aryl methyl sites for hydroxylation is 2. The molecule has 2 heteroatoms. The second-order valence-electron chi connectivity index (χ2n) is 5.71. The molecule has 0 amide bonds. The Balaban J connectivity index is 2.49. The summed E-state index contributed by atoms with van der Waals surface area (Å²) >= 11 is 3.61. The lowest BCUT2D eigenvalue weighted by Crippen LogP contribution is -2.43. The fourth-order valence-electron chi connectivity index (χ4n) is 2.35. The van der Waals surface area contributed by atoms with Crippen LogP contribution in [0.25, 0.3) is 0 Å². The zero-order valence-electron chi connectivity index (χ0n) is 10.5. The van der Waals surface area contributed by atoms with Gasteiger partial charge in [-0.1, -0.05) is 41.9 Å². The van der Waals surface area contributed by atoms with Crippen LogP contribution >= 0.6 is 15.9 Å². The normalized spacial score (nSPS) is 18.6. The van der Waals surface area contributed by atoms with Crippen molar-refractivity contribution in [2.45, 2.75) is 51.5 Å². The van der Waals surface area contributed by atoms with Gasteiger partial charge < -0.3 is 5.73 Å². The maximum Gasteiger partial charge on any atom is 0.0248 e. The molecule has 0 aliphatic heterocycles. The van der Waals surface area contributed by atoms with E-state index in [-0.39, 0.29) is 11.0 Å². The van der Waals surface area contributed by atoms with Crippen molar-refractivity contribution in [3.63, 3.8) is 0 Å². The Labute approximate surface area is 107 Å². The van der Waals surface area contributed by atoms with Gasteiger partial charge in [-0.25, -0.2) is 0 Å². The average Bonchev–Trinajstić information content (AvgIpc) is 2.93. The lowest BCUT2D eigenvalue weighted by atomic mass is 9.75. The summed E-state index contributed by atoms with van der Waals surface area (Å²) in [5.41, 5.74) is 10.4. The number of benzene rings is 1. The molecular formula is C14H20BrN. The predicted octanol–water partition coefficient (Wildman–Crippen LogP) is 3.83. The molecule has 2 N–H and O–H groups in total. The number of halogens is 1. The van der Waals surface area contributed by atoms with Crippen LogP contribution in [0.1, 0.15) is 43.4 Å². The predicted molar refractivity (Wildman–Crippen MR) is 72.8 cm³/mol. The standard InChI is InChI=1S/C14H20BrN/c1-9-7-11(8-10(2)12(9)15)13(3,4)14(16)5-6-14/h7-8H,5-6,16H2,1-4H3. The Morgan fingerprint density at radius 3 is 2.00 bits per heavy atom. The first-order valence-corrected chi connectivity index (χ1v) is 6.63. The highest BCUT2D eigenvalue weighted by Gasteiger charge is 2.51. The van der Waals surface area contributed by atoms with Gasteiger partial charge in [-0.05, 0) is 43.4 Å². The molecule has 1 aliphatic carbocycles. The van der Waals surface area contributed by atoms with Crippen LogP contribution < -0.4 is 5.73 Å². The van der Waals surface area contributed by atoms with E-state index in [1.165, 1.54) is 21.2 Å². The highest BCUT2D eigenvalue weighted by molar-refractivity contribution is 9.10. The number of rotatable bonds is 2. The molecule has 16 heavy (non-hydrogen) atoms. The molecule has 0 spiro atoms. The first-order chi connectivity index (χ1) is 7.28. The summed E-state index contributed by atoms with van der Waals surface area (Å²) in [6.45, 7) is 8.82. The minimum Gasteiger partial charge on any atom is -0.324 e. The molecular weight excluding hydrogens is 262 g/mol. The molecule has 1 saturated carbocycles. The summed E-state index contributed by atoms with van der Waals surface area (Å²) in [6.07, 6.45) is 2.29. The van der Waals surface area contributed by atoms with Crippen LogP contribution in [0, 0.1) is 13.8 Å². The molecule has 0 saturated heterocycles. The van der Waals surface area contributed by atoms with E-state index in [1.54, 1.807) is 0 Å². The van der Waals surface area contributed by atoms with Gasteiger partial charge in [-0.3, -0.25) is 0 Å². The first kappa shape index (κ1) is 12.1. The summed E-state index contributed by atoms with van der Waals surface area (Å²) in [7, 11) is 0. The van der Waals surface area contributed by atoms with Crippen molar-refractivity contribution in [2.75, 3.05) is 0 Å². The van der Waals surface area contributed by atoms with Gasteiger partial charge in [0.05, 0.1) is 0 Å². The maximum absolute atomic E-state index is 6.38. The Morgan fingerprint density at radius 2 is 1.62 bits per heavy atom. The third-order valence-electron chi connectivity index (χ3n) is 4.19. The van der Waals surface area contributed by atoms with Gasteiger partial charge in [0.25, 0.3) is 0 Å². The van der Waals surface area contributed by atoms with Gasteiger partial charge >= 0.3 is 0 Å². The van der Waals surface area contributed by atoms with Crippen molar-refractivity contribution in [2.24, 2.45) is 5.73 Å². The molecule has 1 aliphatic rings. The van der Waals surface area contributed by atoms with Gasteiger partial charge in [0.1, 0.15) is 0 Å². The summed E-state index contributed by atoms with van der Waals surface area (Å²) in [5.74, 6) is 0. The van der Waals surface area contributed by atoms with E-state index in [0.717, 1.165) is 12.8 Å².